The molecule has 0 spiro atoms. The predicted octanol–water partition coefficient (Wildman–Crippen LogP) is 8.35. The Morgan fingerprint density at radius 2 is 1.42 bits per heavy atom. The molecule has 2 amide bonds. The van der Waals surface area contributed by atoms with Gasteiger partial charge in [-0.1, -0.05) is 48.0 Å². The number of esters is 1. The van der Waals surface area contributed by atoms with Gasteiger partial charge in [-0.15, -0.1) is 11.3 Å². The monoisotopic (exact) mass is 620 g/mol. The maximum absolute atomic E-state index is 13.1. The minimum absolute atomic E-state index is 0.212. The molecule has 0 saturated heterocycles. The van der Waals surface area contributed by atoms with Crippen molar-refractivity contribution >= 4 is 39.8 Å². The molecule has 228 valence electrons. The van der Waals surface area contributed by atoms with E-state index in [1.165, 1.54) is 11.3 Å². The van der Waals surface area contributed by atoms with Crippen LogP contribution in [0.15, 0.2) is 109 Å². The Bertz CT molecular complexity index is 1770. The van der Waals surface area contributed by atoms with E-state index in [9.17, 15) is 14.4 Å². The number of hydrogen-bond donors (Lipinski definition) is 2. The lowest BCUT2D eigenvalue weighted by molar-refractivity contribution is -0.122. The normalized spacial score (nSPS) is 11.3. The quantitative estimate of drug-likeness (QED) is 0.144. The number of para-hydroxylation sites is 1. The molecule has 5 aromatic rings. The Labute approximate surface area is 265 Å². The van der Waals surface area contributed by atoms with Crippen molar-refractivity contribution in [2.24, 2.45) is 0 Å². The van der Waals surface area contributed by atoms with Gasteiger partial charge >= 0.3 is 5.97 Å². The summed E-state index contributed by atoms with van der Waals surface area (Å²) in [4.78, 5) is 38.8. The number of thiophene rings is 1. The second kappa shape index (κ2) is 14.4. The maximum atomic E-state index is 13.1. The van der Waals surface area contributed by atoms with Crippen LogP contribution in [0, 0.1) is 6.92 Å². The molecule has 45 heavy (non-hydrogen) atoms. The van der Waals surface area contributed by atoms with E-state index in [-0.39, 0.29) is 12.5 Å². The number of nitrogens with one attached hydrogen (secondary N) is 2. The molecule has 0 fully saturated rings. The molecule has 0 saturated carbocycles. The predicted molar refractivity (Wildman–Crippen MR) is 177 cm³/mol. The van der Waals surface area contributed by atoms with Crippen molar-refractivity contribution in [1.29, 1.82) is 0 Å². The van der Waals surface area contributed by atoms with E-state index in [0.29, 0.717) is 38.9 Å². The molecule has 1 aromatic heterocycles. The fourth-order valence-electron chi connectivity index (χ4n) is 4.39. The van der Waals surface area contributed by atoms with E-state index in [1.54, 1.807) is 62.4 Å². The van der Waals surface area contributed by atoms with Crippen molar-refractivity contribution in [3.05, 3.63) is 125 Å². The minimum Gasteiger partial charge on any atom is -0.481 e. The number of carbonyl (C=O) groups is 3. The van der Waals surface area contributed by atoms with Crippen LogP contribution in [0.4, 0.5) is 10.7 Å². The number of benzene rings is 4. The molecule has 2 N–H and O–H groups in total. The van der Waals surface area contributed by atoms with Gasteiger partial charge in [0, 0.05) is 22.2 Å². The fourth-order valence-corrected chi connectivity index (χ4v) is 5.35. The van der Waals surface area contributed by atoms with Gasteiger partial charge in [0.15, 0.2) is 6.10 Å². The zero-order valence-corrected chi connectivity index (χ0v) is 25.9. The first-order valence-electron chi connectivity index (χ1n) is 14.4. The van der Waals surface area contributed by atoms with Gasteiger partial charge in [0.1, 0.15) is 27.8 Å². The third kappa shape index (κ3) is 7.95. The summed E-state index contributed by atoms with van der Waals surface area (Å²) < 4.78 is 16.9. The van der Waals surface area contributed by atoms with E-state index in [1.807, 2.05) is 66.9 Å². The highest BCUT2D eigenvalue weighted by atomic mass is 32.1. The second-order valence-corrected chi connectivity index (χ2v) is 11.0. The Hall–Kier alpha value is -5.41. The Morgan fingerprint density at radius 1 is 0.778 bits per heavy atom. The van der Waals surface area contributed by atoms with Gasteiger partial charge in [-0.25, -0.2) is 4.79 Å². The summed E-state index contributed by atoms with van der Waals surface area (Å²) in [5.41, 5.74) is 3.93. The molecule has 1 atom stereocenters. The van der Waals surface area contributed by atoms with Crippen molar-refractivity contribution in [2.75, 3.05) is 17.2 Å². The SMILES string of the molecule is CCOC(=O)c1c(-c2ccc(C)cc2)csc1NC(=O)c1ccc(O[C@@H](C)C(=O)Nc2ccc(Oc3ccccc3)cc2)cc1. The van der Waals surface area contributed by atoms with Crippen molar-refractivity contribution in [1.82, 2.24) is 0 Å². The maximum Gasteiger partial charge on any atom is 0.341 e. The Kier molecular flexibility index (Phi) is 9.91. The van der Waals surface area contributed by atoms with E-state index < -0.39 is 18.0 Å². The summed E-state index contributed by atoms with van der Waals surface area (Å²) in [6.45, 7) is 5.58. The third-order valence-electron chi connectivity index (χ3n) is 6.76. The molecule has 9 heteroatoms. The number of rotatable bonds is 11. The van der Waals surface area contributed by atoms with Gasteiger partial charge in [0.2, 0.25) is 0 Å². The van der Waals surface area contributed by atoms with Crippen molar-refractivity contribution in [2.45, 2.75) is 26.9 Å². The van der Waals surface area contributed by atoms with Gasteiger partial charge in [-0.2, -0.15) is 0 Å². The lowest BCUT2D eigenvalue weighted by Gasteiger charge is -2.15. The van der Waals surface area contributed by atoms with Gasteiger partial charge in [0.05, 0.1) is 6.61 Å². The van der Waals surface area contributed by atoms with E-state index >= 15 is 0 Å². The Balaban J connectivity index is 1.19. The molecule has 8 nitrogen and oxygen atoms in total. The molecule has 0 unspecified atom stereocenters. The highest BCUT2D eigenvalue weighted by Crippen LogP contribution is 2.36. The van der Waals surface area contributed by atoms with Gasteiger partial charge in [0.25, 0.3) is 11.8 Å². The van der Waals surface area contributed by atoms with Crippen LogP contribution in [-0.2, 0) is 9.53 Å². The van der Waals surface area contributed by atoms with Crippen LogP contribution in [0.3, 0.4) is 0 Å². The molecule has 0 bridgehead atoms. The first-order valence-corrected chi connectivity index (χ1v) is 15.3. The van der Waals surface area contributed by atoms with E-state index in [0.717, 1.165) is 16.9 Å². The van der Waals surface area contributed by atoms with Crippen LogP contribution < -0.4 is 20.1 Å². The van der Waals surface area contributed by atoms with Crippen molar-refractivity contribution < 1.29 is 28.6 Å². The smallest absolute Gasteiger partial charge is 0.341 e. The summed E-state index contributed by atoms with van der Waals surface area (Å²) in [5.74, 6) is 0.565. The largest absolute Gasteiger partial charge is 0.481 e. The van der Waals surface area contributed by atoms with Crippen molar-refractivity contribution in [3.63, 3.8) is 0 Å². The second-order valence-electron chi connectivity index (χ2n) is 10.1. The summed E-state index contributed by atoms with van der Waals surface area (Å²) >= 11 is 1.26. The summed E-state index contributed by atoms with van der Waals surface area (Å²) in [6.07, 6.45) is -0.802. The highest BCUT2D eigenvalue weighted by molar-refractivity contribution is 7.15. The lowest BCUT2D eigenvalue weighted by atomic mass is 10.0. The summed E-state index contributed by atoms with van der Waals surface area (Å²) in [6, 6.07) is 30.7. The minimum atomic E-state index is -0.802. The topological polar surface area (TPSA) is 103 Å². The first kappa shape index (κ1) is 31.0. The van der Waals surface area contributed by atoms with Crippen LogP contribution in [-0.4, -0.2) is 30.5 Å². The Morgan fingerprint density at radius 3 is 2.09 bits per heavy atom. The standard InChI is InChI=1S/C36H32N2O6S/c1-4-42-36(41)32-31(25-12-10-23(2)11-13-25)22-45-35(32)38-34(40)26-14-18-29(19-15-26)43-24(3)33(39)37-27-16-20-30(21-17-27)44-28-8-6-5-7-9-28/h5-22,24H,4H2,1-3H3,(H,37,39)(H,38,40)/t24-/m0/s1. The zero-order chi connectivity index (χ0) is 31.8. The van der Waals surface area contributed by atoms with E-state index in [4.69, 9.17) is 14.2 Å². The van der Waals surface area contributed by atoms with Crippen LogP contribution in [0.1, 0.15) is 40.1 Å². The first-order chi connectivity index (χ1) is 21.8. The van der Waals surface area contributed by atoms with Crippen LogP contribution >= 0.6 is 11.3 Å². The summed E-state index contributed by atoms with van der Waals surface area (Å²) in [5, 5.41) is 7.92. The molecule has 5 rings (SSSR count). The molecule has 0 radical (unpaired) electrons. The molecular weight excluding hydrogens is 588 g/mol. The number of amides is 2. The zero-order valence-electron chi connectivity index (χ0n) is 25.0. The molecule has 1 heterocycles. The number of ether oxygens (including phenoxy) is 3. The average Bonchev–Trinajstić information content (AvgIpc) is 3.46. The fraction of sp³-hybridized carbons (Fsp3) is 0.139. The van der Waals surface area contributed by atoms with Crippen LogP contribution in [0.25, 0.3) is 11.1 Å². The number of aryl methyl sites for hydroxylation is 1. The number of anilines is 2. The number of hydrogen-bond acceptors (Lipinski definition) is 7. The highest BCUT2D eigenvalue weighted by Gasteiger charge is 2.23. The molecule has 0 aliphatic rings. The van der Waals surface area contributed by atoms with Crippen LogP contribution in [0.2, 0.25) is 0 Å². The molecule has 0 aliphatic carbocycles. The molecular formula is C36H32N2O6S. The van der Waals surface area contributed by atoms with Gasteiger partial charge < -0.3 is 24.8 Å². The lowest BCUT2D eigenvalue weighted by Crippen LogP contribution is -2.30. The number of carbonyl (C=O) groups excluding carboxylic acids is 3. The van der Waals surface area contributed by atoms with Crippen molar-refractivity contribution in [3.8, 4) is 28.4 Å². The summed E-state index contributed by atoms with van der Waals surface area (Å²) in [7, 11) is 0. The van der Waals surface area contributed by atoms with Gasteiger partial charge in [-0.3, -0.25) is 9.59 Å². The van der Waals surface area contributed by atoms with Crippen LogP contribution in [0.5, 0.6) is 17.2 Å². The van der Waals surface area contributed by atoms with Gasteiger partial charge in [-0.05, 0) is 87.0 Å². The third-order valence-corrected chi connectivity index (χ3v) is 7.66. The average molecular weight is 621 g/mol. The molecule has 4 aromatic carbocycles. The van der Waals surface area contributed by atoms with E-state index in [2.05, 4.69) is 10.6 Å². The molecule has 0 aliphatic heterocycles.